The van der Waals surface area contributed by atoms with E-state index in [1.807, 2.05) is 88.6 Å². The highest BCUT2D eigenvalue weighted by molar-refractivity contribution is 6.12. The molecule has 0 bridgehead atoms. The molecule has 0 aliphatic carbocycles. The molecule has 3 rings (SSSR count). The Balaban J connectivity index is 1.57. The molecule has 8 atom stereocenters. The van der Waals surface area contributed by atoms with Crippen molar-refractivity contribution in [3.63, 3.8) is 0 Å². The quantitative estimate of drug-likeness (QED) is 0.0495. The van der Waals surface area contributed by atoms with Crippen LogP contribution in [0.3, 0.4) is 0 Å². The number of rotatable bonds is 30. The van der Waals surface area contributed by atoms with E-state index in [9.17, 15) is 38.4 Å². The SMILES string of the molecule is CC[C@H](C)[C@@H]([C@@H](CC(=O)N1CCC[C@H]1[C@H](OC)[C@@H](C)C(=O)NCCc1ccccc1)OC)N(C)C(=O)[C@@H](NC(=O)[C@H](C(C)C)N(C)CCCC(=O)NNC(=O)CCCCCN1C(=O)C=CC1=O)C(C)C. The maximum absolute atomic E-state index is 14.6. The number of ether oxygens (including phenoxy) is 2. The molecule has 2 aliphatic rings. The van der Waals surface area contributed by atoms with Crippen LogP contribution >= 0.6 is 0 Å². The smallest absolute Gasteiger partial charge is 0.253 e. The third kappa shape index (κ3) is 17.6. The van der Waals surface area contributed by atoms with Crippen LogP contribution in [0.1, 0.15) is 118 Å². The largest absolute Gasteiger partial charge is 0.379 e. The molecule has 0 radical (unpaired) electrons. The van der Waals surface area contributed by atoms with Gasteiger partial charge in [-0.25, -0.2) is 0 Å². The van der Waals surface area contributed by atoms with Crippen LogP contribution in [0.15, 0.2) is 42.5 Å². The molecule has 2 aliphatic heterocycles. The predicted molar refractivity (Wildman–Crippen MR) is 267 cm³/mol. The molecular weight excluding hydrogens is 897 g/mol. The molecule has 8 amide bonds. The first-order chi connectivity index (χ1) is 33.3. The molecule has 18 heteroatoms. The van der Waals surface area contributed by atoms with Crippen molar-refractivity contribution in [1.82, 2.24) is 41.1 Å². The molecule has 1 aromatic carbocycles. The zero-order valence-corrected chi connectivity index (χ0v) is 43.8. The van der Waals surface area contributed by atoms with Gasteiger partial charge in [-0.3, -0.25) is 59.0 Å². The van der Waals surface area contributed by atoms with Gasteiger partial charge in [0.25, 0.3) is 11.8 Å². The maximum Gasteiger partial charge on any atom is 0.253 e. The number of hydrogen-bond donors (Lipinski definition) is 4. The summed E-state index contributed by atoms with van der Waals surface area (Å²) in [7, 11) is 6.63. The molecule has 1 saturated heterocycles. The molecule has 0 aromatic heterocycles. The van der Waals surface area contributed by atoms with Crippen molar-refractivity contribution in [2.24, 2.45) is 23.7 Å². The molecule has 4 N–H and O–H groups in total. The second-order valence-electron chi connectivity index (χ2n) is 19.7. The first-order valence-electron chi connectivity index (χ1n) is 25.3. The minimum atomic E-state index is -0.886. The van der Waals surface area contributed by atoms with Gasteiger partial charge in [0.2, 0.25) is 35.4 Å². The second kappa shape index (κ2) is 29.9. The molecule has 0 saturated carbocycles. The number of carbonyl (C=O) groups excluding carboxylic acids is 8. The number of hydrogen-bond acceptors (Lipinski definition) is 11. The van der Waals surface area contributed by atoms with Crippen molar-refractivity contribution in [2.45, 2.75) is 155 Å². The molecule has 2 heterocycles. The van der Waals surface area contributed by atoms with Crippen molar-refractivity contribution in [2.75, 3.05) is 54.5 Å². The van der Waals surface area contributed by atoms with E-state index in [1.165, 1.54) is 12.2 Å². The zero-order valence-electron chi connectivity index (χ0n) is 43.8. The number of likely N-dealkylation sites (N-methyl/N-ethyl adjacent to an activating group) is 2. The summed E-state index contributed by atoms with van der Waals surface area (Å²) in [5, 5.41) is 6.10. The van der Waals surface area contributed by atoms with E-state index >= 15 is 0 Å². The zero-order chi connectivity index (χ0) is 52.1. The fraction of sp³-hybridized carbons (Fsp3) is 0.692. The van der Waals surface area contributed by atoms with Crippen LogP contribution in [-0.4, -0.2) is 158 Å². The number of carbonyl (C=O) groups is 8. The average Bonchev–Trinajstić information content (AvgIpc) is 3.94. The topological polar surface area (TPSA) is 216 Å². The third-order valence-electron chi connectivity index (χ3n) is 13.9. The standard InChI is InChI=1S/C52H84N8O10/c1-12-36(6)48(40(69-10)33-45(65)59-32-19-23-39(59)49(70-11)37(7)50(66)53-29-28-38-21-15-13-16-22-38)58(9)52(68)46(34(2)3)54-51(67)47(35(4)5)57(8)30-20-25-42(62)56-55-41(61)24-17-14-18-31-60-43(63)26-27-44(60)64/h13,15-16,21-22,26-27,34-37,39-40,46-49H,12,14,17-20,23-25,28-33H2,1-11H3,(H,53,66)(H,54,67)(H,55,61)(H,56,62)/t36-,37+,39-,40+,46-,47-,48-,49+/m0/s1. The lowest BCUT2D eigenvalue weighted by molar-refractivity contribution is -0.148. The number of benzene rings is 1. The highest BCUT2D eigenvalue weighted by Crippen LogP contribution is 2.30. The lowest BCUT2D eigenvalue weighted by Crippen LogP contribution is -2.60. The lowest BCUT2D eigenvalue weighted by Gasteiger charge is -2.41. The molecule has 70 heavy (non-hydrogen) atoms. The van der Waals surface area contributed by atoms with Gasteiger partial charge in [-0.15, -0.1) is 0 Å². The number of nitrogens with one attached hydrogen (secondary N) is 4. The second-order valence-corrected chi connectivity index (χ2v) is 19.7. The van der Waals surface area contributed by atoms with Gasteiger partial charge in [0.05, 0.1) is 42.7 Å². The Bertz CT molecular complexity index is 1900. The van der Waals surface area contributed by atoms with Gasteiger partial charge in [0, 0.05) is 65.9 Å². The summed E-state index contributed by atoms with van der Waals surface area (Å²) in [5.41, 5.74) is 6.00. The Morgan fingerprint density at radius 1 is 0.800 bits per heavy atom. The summed E-state index contributed by atoms with van der Waals surface area (Å²) in [6, 6.07) is 7.61. The molecule has 18 nitrogen and oxygen atoms in total. The van der Waals surface area contributed by atoms with Crippen LogP contribution in [0, 0.1) is 23.7 Å². The van der Waals surface area contributed by atoms with Crippen LogP contribution in [0.5, 0.6) is 0 Å². The number of unbranched alkanes of at least 4 members (excludes halogenated alkanes) is 2. The Morgan fingerprint density at radius 3 is 2.00 bits per heavy atom. The van der Waals surface area contributed by atoms with Crippen molar-refractivity contribution in [1.29, 1.82) is 0 Å². The molecule has 392 valence electrons. The van der Waals surface area contributed by atoms with Gasteiger partial charge in [0.15, 0.2) is 0 Å². The summed E-state index contributed by atoms with van der Waals surface area (Å²) in [4.78, 5) is 111. The Kier molecular flexibility index (Phi) is 25.2. The van der Waals surface area contributed by atoms with E-state index < -0.39 is 36.3 Å². The number of amides is 8. The van der Waals surface area contributed by atoms with Crippen molar-refractivity contribution >= 4 is 47.3 Å². The molecular formula is C52H84N8O10. The van der Waals surface area contributed by atoms with Gasteiger partial charge in [0.1, 0.15) is 6.04 Å². The highest BCUT2D eigenvalue weighted by Gasteiger charge is 2.43. The number of nitrogens with zero attached hydrogens (tertiary/aromatic N) is 4. The lowest BCUT2D eigenvalue weighted by atomic mass is 9.89. The monoisotopic (exact) mass is 981 g/mol. The van der Waals surface area contributed by atoms with Gasteiger partial charge >= 0.3 is 0 Å². The number of hydrazine groups is 1. The van der Waals surface area contributed by atoms with E-state index in [2.05, 4.69) is 21.5 Å². The van der Waals surface area contributed by atoms with Crippen molar-refractivity contribution in [3.05, 3.63) is 48.0 Å². The summed E-state index contributed by atoms with van der Waals surface area (Å²) < 4.78 is 12.0. The van der Waals surface area contributed by atoms with E-state index in [1.54, 1.807) is 33.2 Å². The molecule has 1 fully saturated rings. The van der Waals surface area contributed by atoms with Crippen LogP contribution < -0.4 is 21.5 Å². The van der Waals surface area contributed by atoms with Gasteiger partial charge in [-0.1, -0.05) is 91.6 Å². The minimum absolute atomic E-state index is 0.00411. The van der Waals surface area contributed by atoms with Crippen LogP contribution in [-0.2, 0) is 54.3 Å². The highest BCUT2D eigenvalue weighted by atomic mass is 16.5. The molecule has 1 aromatic rings. The number of likely N-dealkylation sites (tertiary alicyclic amines) is 1. The molecule has 0 spiro atoms. The Labute approximate surface area is 416 Å². The fourth-order valence-corrected chi connectivity index (χ4v) is 9.70. The van der Waals surface area contributed by atoms with Crippen LogP contribution in [0.25, 0.3) is 0 Å². The fourth-order valence-electron chi connectivity index (χ4n) is 9.70. The summed E-state index contributed by atoms with van der Waals surface area (Å²) in [6.45, 7) is 15.2. The first-order valence-corrected chi connectivity index (χ1v) is 25.3. The number of methoxy groups -OCH3 is 2. The van der Waals surface area contributed by atoms with Crippen LogP contribution in [0.4, 0.5) is 0 Å². The van der Waals surface area contributed by atoms with Gasteiger partial charge in [-0.2, -0.15) is 0 Å². The summed E-state index contributed by atoms with van der Waals surface area (Å²) >= 11 is 0. The van der Waals surface area contributed by atoms with E-state index in [4.69, 9.17) is 9.47 Å². The third-order valence-corrected chi connectivity index (χ3v) is 13.9. The van der Waals surface area contributed by atoms with E-state index in [-0.39, 0.29) is 90.3 Å². The maximum atomic E-state index is 14.6. The summed E-state index contributed by atoms with van der Waals surface area (Å²) in [5.74, 6) is -3.32. The van der Waals surface area contributed by atoms with E-state index in [0.29, 0.717) is 71.1 Å². The van der Waals surface area contributed by atoms with Gasteiger partial charge in [-0.05, 0) is 75.4 Å². The predicted octanol–water partition coefficient (Wildman–Crippen LogP) is 3.78. The average molecular weight is 981 g/mol. The van der Waals surface area contributed by atoms with Crippen molar-refractivity contribution in [3.8, 4) is 0 Å². The van der Waals surface area contributed by atoms with Gasteiger partial charge < -0.3 is 29.9 Å². The molecule has 0 unspecified atom stereocenters. The first kappa shape index (κ1) is 59.1. The van der Waals surface area contributed by atoms with Crippen molar-refractivity contribution < 1.29 is 47.8 Å². The normalized spacial score (nSPS) is 17.8. The number of imide groups is 1. The van der Waals surface area contributed by atoms with E-state index in [0.717, 1.165) is 16.9 Å². The minimum Gasteiger partial charge on any atom is -0.379 e. The Morgan fingerprint density at radius 2 is 1.43 bits per heavy atom. The van der Waals surface area contributed by atoms with Crippen LogP contribution in [0.2, 0.25) is 0 Å². The summed E-state index contributed by atoms with van der Waals surface area (Å²) in [6.07, 6.45) is 6.53. The Hall–Kier alpha value is -5.20.